The van der Waals surface area contributed by atoms with E-state index in [0.29, 0.717) is 5.56 Å². The number of nitriles is 1. The second kappa shape index (κ2) is 18.7. The molecule has 0 bridgehead atoms. The molecule has 2 aliphatic rings. The van der Waals surface area contributed by atoms with Gasteiger partial charge in [-0.05, 0) is 12.1 Å². The molecule has 2 fully saturated rings. The highest BCUT2D eigenvalue weighted by Crippen LogP contribution is 2.55. The number of aromatic nitrogens is 8. The van der Waals surface area contributed by atoms with E-state index in [-0.39, 0.29) is 46.9 Å². The lowest BCUT2D eigenvalue weighted by Crippen LogP contribution is -2.32. The molecule has 0 saturated carbocycles. The molecule has 324 valence electrons. The van der Waals surface area contributed by atoms with E-state index in [1.54, 1.807) is 44.2 Å². The Bertz CT molecular complexity index is 2570. The fraction of sp³-hybridized carbons (Fsp3) is 0.441. The summed E-state index contributed by atoms with van der Waals surface area (Å²) in [6.45, 7) is 1.24. The van der Waals surface area contributed by atoms with Crippen molar-refractivity contribution in [3.05, 3.63) is 65.2 Å². The second-order valence-corrected chi connectivity index (χ2v) is 16.2. The van der Waals surface area contributed by atoms with Gasteiger partial charge >= 0.3 is 16.1 Å². The summed E-state index contributed by atoms with van der Waals surface area (Å²) in [6, 6.07) is 10.2. The van der Waals surface area contributed by atoms with Crippen molar-refractivity contribution in [3.63, 3.8) is 0 Å². The zero-order valence-electron chi connectivity index (χ0n) is 32.1. The zero-order chi connectivity index (χ0) is 43.4. The summed E-state index contributed by atoms with van der Waals surface area (Å²) in [5, 5.41) is 24.3. The number of hydrogen-bond donors (Lipinski definition) is 5. The van der Waals surface area contributed by atoms with Crippen molar-refractivity contribution < 1.29 is 60.7 Å². The van der Waals surface area contributed by atoms with Gasteiger partial charge in [-0.15, -0.1) is 0 Å². The third kappa shape index (κ3) is 9.58. The minimum Gasteiger partial charge on any atom is -0.394 e. The lowest BCUT2D eigenvalue weighted by Gasteiger charge is -2.26. The first kappa shape index (κ1) is 43.7. The van der Waals surface area contributed by atoms with E-state index >= 15 is 4.39 Å². The first-order chi connectivity index (χ1) is 29.3. The lowest BCUT2D eigenvalue weighted by molar-refractivity contribution is -0.118. The Labute approximate surface area is 343 Å². The summed E-state index contributed by atoms with van der Waals surface area (Å²) in [7, 11) is -8.50. The summed E-state index contributed by atoms with van der Waals surface area (Å²) < 4.78 is 78.9. The standard InChI is InChI=1S/C34H38FN11O13P2/c1-17(2)29(48)43-34-42-28-24(31(50)44-34)40-16-46(28)33-25(22(35)21(12-47)57-33)59-61(53,54-10-6-9-36)55-13-19-11-20(58-60(51)52)32(56-19)45-15-39-23-26(37-14-38-27(23)45)41-30(49)18-7-4-3-5-8-18/h3-5,7-8,14-17,19-22,25,32-33,47,60H,6,10-13H2,1-2H3,(H,51,52)(H,37,38,41,49)(H2,42,43,44,48,50)/t19-,20+,21+,22+,25+,32+,33+,61?/m0/s1. The quantitative estimate of drug-likeness (QED) is 0.0661. The highest BCUT2D eigenvalue weighted by molar-refractivity contribution is 7.48. The molecule has 27 heteroatoms. The molecular formula is C34H38FN11O13P2. The van der Waals surface area contributed by atoms with Crippen LogP contribution in [-0.4, -0.2) is 111 Å². The van der Waals surface area contributed by atoms with Crippen LogP contribution in [0, 0.1) is 17.2 Å². The van der Waals surface area contributed by atoms with Crippen molar-refractivity contribution >= 4 is 62.0 Å². The summed E-state index contributed by atoms with van der Waals surface area (Å²) in [5.74, 6) is -1.63. The number of aliphatic hydroxyl groups is 1. The Balaban J connectivity index is 1.13. The molecule has 5 aromatic rings. The van der Waals surface area contributed by atoms with Gasteiger partial charge in [-0.25, -0.2) is 28.9 Å². The number of imidazole rings is 2. The van der Waals surface area contributed by atoms with Crippen molar-refractivity contribution in [3.8, 4) is 6.07 Å². The third-order valence-electron chi connectivity index (χ3n) is 9.35. The monoisotopic (exact) mass is 889 g/mol. The van der Waals surface area contributed by atoms with Crippen LogP contribution in [-0.2, 0) is 41.5 Å². The molecule has 2 amide bonds. The van der Waals surface area contributed by atoms with Gasteiger partial charge in [-0.2, -0.15) is 10.2 Å². The van der Waals surface area contributed by atoms with Crippen molar-refractivity contribution in [1.82, 2.24) is 39.0 Å². The molecule has 0 spiro atoms. The summed E-state index contributed by atoms with van der Waals surface area (Å²) in [6.07, 6.45) is -7.58. The number of amides is 2. The van der Waals surface area contributed by atoms with E-state index in [1.165, 1.54) is 10.9 Å². The van der Waals surface area contributed by atoms with Crippen LogP contribution in [0.15, 0.2) is 54.1 Å². The number of aromatic amines is 1. The number of halogens is 1. The molecular weight excluding hydrogens is 851 g/mol. The molecule has 1 aromatic carbocycles. The highest BCUT2D eigenvalue weighted by Gasteiger charge is 2.52. The van der Waals surface area contributed by atoms with Crippen LogP contribution in [0.3, 0.4) is 0 Å². The normalized spacial score (nSPS) is 24.2. The Kier molecular flexibility index (Phi) is 13.4. The molecule has 2 unspecified atom stereocenters. The molecule has 24 nitrogen and oxygen atoms in total. The molecule has 0 aliphatic carbocycles. The van der Waals surface area contributed by atoms with E-state index in [9.17, 15) is 33.5 Å². The maximum absolute atomic E-state index is 16.1. The van der Waals surface area contributed by atoms with Gasteiger partial charge < -0.3 is 29.3 Å². The number of aliphatic hydroxyl groups excluding tert-OH is 1. The number of anilines is 2. The number of carbonyl (C=O) groups is 2. The number of carbonyl (C=O) groups excluding carboxylic acids is 2. The topological polar surface area (TPSA) is 319 Å². The van der Waals surface area contributed by atoms with Crippen LogP contribution in [0.2, 0.25) is 0 Å². The number of nitrogens with one attached hydrogen (secondary N) is 3. The predicted octanol–water partition coefficient (Wildman–Crippen LogP) is 2.53. The molecule has 5 N–H and O–H groups in total. The minimum absolute atomic E-state index is 0.0599. The van der Waals surface area contributed by atoms with Gasteiger partial charge in [0.2, 0.25) is 11.9 Å². The number of rotatable bonds is 17. The summed E-state index contributed by atoms with van der Waals surface area (Å²) in [4.78, 5) is 71.3. The van der Waals surface area contributed by atoms with E-state index in [2.05, 4.69) is 40.5 Å². The Morgan fingerprint density at radius 2 is 1.82 bits per heavy atom. The first-order valence-corrected chi connectivity index (χ1v) is 21.2. The molecule has 4 aromatic heterocycles. The number of fused-ring (bicyclic) bond motifs is 2. The lowest BCUT2D eigenvalue weighted by atomic mass is 10.1. The molecule has 61 heavy (non-hydrogen) atoms. The van der Waals surface area contributed by atoms with E-state index < -0.39 is 102 Å². The number of nitrogens with zero attached hydrogens (tertiary/aromatic N) is 8. The van der Waals surface area contributed by atoms with Crippen molar-refractivity contribution in [1.29, 1.82) is 5.26 Å². The number of phosphoric ester groups is 1. The molecule has 9 atom stereocenters. The molecule has 2 aliphatic heterocycles. The molecule has 6 heterocycles. The summed E-state index contributed by atoms with van der Waals surface area (Å²) >= 11 is 0. The number of ether oxygens (including phenoxy) is 2. The van der Waals surface area contributed by atoms with Crippen LogP contribution >= 0.6 is 16.1 Å². The van der Waals surface area contributed by atoms with Gasteiger partial charge in [0.05, 0.1) is 51.1 Å². The van der Waals surface area contributed by atoms with E-state index in [1.807, 2.05) is 6.07 Å². The van der Waals surface area contributed by atoms with Crippen LogP contribution in [0.5, 0.6) is 0 Å². The molecule has 0 radical (unpaired) electrons. The number of alkyl halides is 1. The average Bonchev–Trinajstić information content (AvgIpc) is 4.02. The zero-order valence-corrected chi connectivity index (χ0v) is 34.0. The largest absolute Gasteiger partial charge is 0.475 e. The first-order valence-electron chi connectivity index (χ1n) is 18.5. The fourth-order valence-corrected chi connectivity index (χ4v) is 8.29. The predicted molar refractivity (Wildman–Crippen MR) is 206 cm³/mol. The van der Waals surface area contributed by atoms with Crippen molar-refractivity contribution in [2.24, 2.45) is 5.92 Å². The van der Waals surface area contributed by atoms with Crippen LogP contribution in [0.25, 0.3) is 22.3 Å². The fourth-order valence-electron chi connectivity index (χ4n) is 6.44. The maximum Gasteiger partial charge on any atom is 0.475 e. The smallest absolute Gasteiger partial charge is 0.394 e. The molecule has 2 saturated heterocycles. The van der Waals surface area contributed by atoms with E-state index in [4.69, 9.17) is 32.8 Å². The average molecular weight is 890 g/mol. The highest BCUT2D eigenvalue weighted by atomic mass is 31.2. The number of benzene rings is 1. The van der Waals surface area contributed by atoms with Gasteiger partial charge in [0.1, 0.15) is 24.6 Å². The maximum atomic E-state index is 16.1. The van der Waals surface area contributed by atoms with Gasteiger partial charge in [-0.1, -0.05) is 32.0 Å². The van der Waals surface area contributed by atoms with Gasteiger partial charge in [-0.3, -0.25) is 52.0 Å². The second-order valence-electron chi connectivity index (χ2n) is 13.8. The van der Waals surface area contributed by atoms with Crippen LogP contribution in [0.1, 0.15) is 49.5 Å². The van der Waals surface area contributed by atoms with Crippen molar-refractivity contribution in [2.45, 2.75) is 69.7 Å². The summed E-state index contributed by atoms with van der Waals surface area (Å²) in [5.41, 5.74) is -0.562. The van der Waals surface area contributed by atoms with Crippen molar-refractivity contribution in [2.75, 3.05) is 30.5 Å². The Morgan fingerprint density at radius 3 is 2.52 bits per heavy atom. The van der Waals surface area contributed by atoms with Gasteiger partial charge in [0.25, 0.3) is 11.5 Å². The minimum atomic E-state index is -4.92. The van der Waals surface area contributed by atoms with Gasteiger partial charge in [0.15, 0.2) is 46.8 Å². The van der Waals surface area contributed by atoms with Gasteiger partial charge in [0, 0.05) is 17.9 Å². The van der Waals surface area contributed by atoms with Crippen LogP contribution < -0.4 is 16.2 Å². The number of hydrogen-bond acceptors (Lipinski definition) is 18. The third-order valence-corrected chi connectivity index (χ3v) is 11.3. The Morgan fingerprint density at radius 1 is 1.08 bits per heavy atom. The number of H-pyrrole nitrogens is 1. The number of phosphoric acid groups is 1. The van der Waals surface area contributed by atoms with Crippen LogP contribution in [0.4, 0.5) is 16.2 Å². The SMILES string of the molecule is CC(C)C(=O)Nc1nc2c(ncn2[C@@H]2O[C@H](CO)[C@@H](F)[C@H]2OP(=O)(OCCC#N)OC[C@@H]2C[C@@H](O[PH](=O)O)[C@H](n3cnc4c(NC(=O)c5ccccc5)ncnc43)O2)c(=O)[nH]1. The molecule has 7 rings (SSSR count). The Hall–Kier alpha value is -5.38. The van der Waals surface area contributed by atoms with E-state index in [0.717, 1.165) is 17.2 Å².